The van der Waals surface area contributed by atoms with Gasteiger partial charge in [-0.2, -0.15) is 0 Å². The number of amides is 1. The molecule has 178 valence electrons. The molecule has 1 unspecified atom stereocenters. The molecule has 1 atom stereocenters. The van der Waals surface area contributed by atoms with Crippen LogP contribution in [0.5, 0.6) is 11.5 Å². The summed E-state index contributed by atoms with van der Waals surface area (Å²) in [5, 5.41) is 0.792. The smallest absolute Gasteiger partial charge is 0.290 e. The summed E-state index contributed by atoms with van der Waals surface area (Å²) in [5.41, 5.74) is 2.29. The first kappa shape index (κ1) is 23.0. The fourth-order valence-corrected chi connectivity index (χ4v) is 4.70. The zero-order valence-electron chi connectivity index (χ0n) is 19.4. The van der Waals surface area contributed by atoms with Crippen molar-refractivity contribution < 1.29 is 18.7 Å². The van der Waals surface area contributed by atoms with Crippen LogP contribution in [-0.4, -0.2) is 31.1 Å². The second-order valence-corrected chi connectivity index (χ2v) is 8.75. The third-order valence-electron chi connectivity index (χ3n) is 6.23. The molecule has 0 spiro atoms. The molecule has 4 aromatic rings. The second kappa shape index (κ2) is 9.47. The first-order valence-electron chi connectivity index (χ1n) is 11.4. The lowest BCUT2D eigenvalue weighted by Crippen LogP contribution is -2.31. The van der Waals surface area contributed by atoms with Crippen LogP contribution < -0.4 is 14.9 Å². The molecule has 0 N–H and O–H groups in total. The van der Waals surface area contributed by atoms with Gasteiger partial charge < -0.3 is 18.8 Å². The molecule has 1 amide bonds. The van der Waals surface area contributed by atoms with Crippen LogP contribution in [0.1, 0.15) is 40.2 Å². The van der Waals surface area contributed by atoms with Crippen LogP contribution in [0.3, 0.4) is 0 Å². The number of carbonyl (C=O) groups excluding carboxylic acids is 1. The van der Waals surface area contributed by atoms with Gasteiger partial charge in [-0.05, 0) is 66.9 Å². The summed E-state index contributed by atoms with van der Waals surface area (Å²) < 4.78 is 16.8. The quantitative estimate of drug-likeness (QED) is 0.336. The van der Waals surface area contributed by atoms with Crippen LogP contribution in [-0.2, 0) is 6.42 Å². The van der Waals surface area contributed by atoms with Crippen molar-refractivity contribution in [2.45, 2.75) is 19.4 Å². The number of hydrogen-bond donors (Lipinski definition) is 0. The fraction of sp³-hybridized carbons (Fsp3) is 0.214. The standard InChI is InChI=1S/C28H24ClNO5/c1-3-34-21-11-6-18(7-12-21)25-24-26(31)22-16-19(29)8-13-23(22)35-27(24)28(32)30(25)15-14-17-4-9-20(33-2)10-5-17/h4-13,16,25H,3,14-15H2,1-2H3. The van der Waals surface area contributed by atoms with E-state index in [1.807, 2.05) is 55.5 Å². The lowest BCUT2D eigenvalue weighted by atomic mass is 9.98. The molecule has 0 saturated heterocycles. The van der Waals surface area contributed by atoms with Crippen molar-refractivity contribution in [2.24, 2.45) is 0 Å². The number of nitrogens with zero attached hydrogens (tertiary/aromatic N) is 1. The molecule has 0 aliphatic carbocycles. The maximum absolute atomic E-state index is 13.6. The number of hydrogen-bond acceptors (Lipinski definition) is 5. The summed E-state index contributed by atoms with van der Waals surface area (Å²) in [6.45, 7) is 2.88. The molecule has 5 rings (SSSR count). The largest absolute Gasteiger partial charge is 0.497 e. The van der Waals surface area contributed by atoms with E-state index in [0.29, 0.717) is 41.1 Å². The first-order valence-corrected chi connectivity index (χ1v) is 11.8. The minimum Gasteiger partial charge on any atom is -0.497 e. The summed E-state index contributed by atoms with van der Waals surface area (Å²) in [4.78, 5) is 28.9. The van der Waals surface area contributed by atoms with Gasteiger partial charge in [0.05, 0.1) is 30.7 Å². The molecule has 0 fully saturated rings. The molecule has 0 radical (unpaired) electrons. The third-order valence-corrected chi connectivity index (χ3v) is 6.47. The van der Waals surface area contributed by atoms with E-state index in [0.717, 1.165) is 22.6 Å². The molecule has 0 bridgehead atoms. The van der Waals surface area contributed by atoms with E-state index in [1.54, 1.807) is 30.2 Å². The number of ether oxygens (including phenoxy) is 2. The van der Waals surface area contributed by atoms with Gasteiger partial charge in [0.2, 0.25) is 5.76 Å². The van der Waals surface area contributed by atoms with E-state index < -0.39 is 6.04 Å². The van der Waals surface area contributed by atoms with Crippen molar-refractivity contribution in [3.63, 3.8) is 0 Å². The van der Waals surface area contributed by atoms with E-state index in [9.17, 15) is 9.59 Å². The molecule has 0 saturated carbocycles. The Bertz CT molecular complexity index is 1440. The van der Waals surface area contributed by atoms with E-state index >= 15 is 0 Å². The number of benzene rings is 3. The summed E-state index contributed by atoms with van der Waals surface area (Å²) in [6.07, 6.45) is 0.608. The fourth-order valence-electron chi connectivity index (χ4n) is 4.52. The van der Waals surface area contributed by atoms with Crippen LogP contribution in [0, 0.1) is 0 Å². The number of carbonyl (C=O) groups is 1. The Morgan fingerprint density at radius 1 is 0.971 bits per heavy atom. The summed E-state index contributed by atoms with van der Waals surface area (Å²) in [7, 11) is 1.62. The maximum atomic E-state index is 13.6. The lowest BCUT2D eigenvalue weighted by molar-refractivity contribution is 0.0730. The van der Waals surface area contributed by atoms with Gasteiger partial charge in [0.15, 0.2) is 5.43 Å². The Kier molecular flexibility index (Phi) is 6.22. The first-order chi connectivity index (χ1) is 17.0. The van der Waals surface area contributed by atoms with Crippen LogP contribution in [0.15, 0.2) is 75.9 Å². The average molecular weight is 490 g/mol. The van der Waals surface area contributed by atoms with Crippen LogP contribution in [0.2, 0.25) is 5.02 Å². The van der Waals surface area contributed by atoms with Crippen molar-refractivity contribution in [1.82, 2.24) is 4.90 Å². The van der Waals surface area contributed by atoms with Crippen molar-refractivity contribution in [3.05, 3.63) is 104 Å². The Morgan fingerprint density at radius 2 is 1.69 bits per heavy atom. The molecular weight excluding hydrogens is 466 g/mol. The molecule has 2 heterocycles. The van der Waals surface area contributed by atoms with Crippen LogP contribution in [0.25, 0.3) is 11.0 Å². The number of halogens is 1. The third kappa shape index (κ3) is 4.26. The van der Waals surface area contributed by atoms with Gasteiger partial charge in [0.25, 0.3) is 5.91 Å². The molecule has 3 aromatic carbocycles. The van der Waals surface area contributed by atoms with E-state index in [1.165, 1.54) is 0 Å². The summed E-state index contributed by atoms with van der Waals surface area (Å²) >= 11 is 6.16. The highest BCUT2D eigenvalue weighted by Gasteiger charge is 2.42. The van der Waals surface area contributed by atoms with Crippen LogP contribution in [0.4, 0.5) is 0 Å². The van der Waals surface area contributed by atoms with Gasteiger partial charge in [-0.15, -0.1) is 0 Å². The minimum atomic E-state index is -0.578. The number of methoxy groups -OCH3 is 1. The van der Waals surface area contributed by atoms with Gasteiger partial charge in [0, 0.05) is 11.6 Å². The molecule has 1 aliphatic rings. The molecule has 7 heteroatoms. The van der Waals surface area contributed by atoms with Gasteiger partial charge in [0.1, 0.15) is 17.1 Å². The van der Waals surface area contributed by atoms with Crippen molar-refractivity contribution in [1.29, 1.82) is 0 Å². The van der Waals surface area contributed by atoms with E-state index in [2.05, 4.69) is 0 Å². The van der Waals surface area contributed by atoms with Crippen LogP contribution >= 0.6 is 11.6 Å². The van der Waals surface area contributed by atoms with Crippen molar-refractivity contribution in [3.8, 4) is 11.5 Å². The summed E-state index contributed by atoms with van der Waals surface area (Å²) in [6, 6.07) is 19.5. The van der Waals surface area contributed by atoms with Gasteiger partial charge in [-0.3, -0.25) is 9.59 Å². The highest BCUT2D eigenvalue weighted by molar-refractivity contribution is 6.31. The highest BCUT2D eigenvalue weighted by Crippen LogP contribution is 2.39. The SMILES string of the molecule is CCOc1ccc(C2c3c(oc4ccc(Cl)cc4c3=O)C(=O)N2CCc2ccc(OC)cc2)cc1. The van der Waals surface area contributed by atoms with Gasteiger partial charge in [-0.25, -0.2) is 0 Å². The summed E-state index contributed by atoms with van der Waals surface area (Å²) in [5.74, 6) is 1.27. The van der Waals surface area contributed by atoms with Crippen molar-refractivity contribution >= 4 is 28.5 Å². The normalized spacial score (nSPS) is 14.9. The molecule has 1 aliphatic heterocycles. The monoisotopic (exact) mass is 489 g/mol. The Balaban J connectivity index is 1.58. The predicted molar refractivity (Wildman–Crippen MR) is 135 cm³/mol. The highest BCUT2D eigenvalue weighted by atomic mass is 35.5. The average Bonchev–Trinajstić information content (AvgIpc) is 3.16. The van der Waals surface area contributed by atoms with Gasteiger partial charge >= 0.3 is 0 Å². The number of fused-ring (bicyclic) bond motifs is 2. The molecule has 35 heavy (non-hydrogen) atoms. The Morgan fingerprint density at radius 3 is 2.37 bits per heavy atom. The topological polar surface area (TPSA) is 69.0 Å². The zero-order chi connectivity index (χ0) is 24.5. The molecular formula is C28H24ClNO5. The lowest BCUT2D eigenvalue weighted by Gasteiger charge is -2.25. The van der Waals surface area contributed by atoms with Crippen molar-refractivity contribution in [2.75, 3.05) is 20.3 Å². The molecule has 1 aromatic heterocycles. The second-order valence-electron chi connectivity index (χ2n) is 8.32. The molecule has 6 nitrogen and oxygen atoms in total. The maximum Gasteiger partial charge on any atom is 0.290 e. The Labute approximate surface area is 207 Å². The number of rotatable bonds is 7. The van der Waals surface area contributed by atoms with E-state index in [4.69, 9.17) is 25.5 Å². The Hall–Kier alpha value is -3.77. The predicted octanol–water partition coefficient (Wildman–Crippen LogP) is 5.64. The van der Waals surface area contributed by atoms with E-state index in [-0.39, 0.29) is 17.1 Å². The zero-order valence-corrected chi connectivity index (χ0v) is 20.2. The minimum absolute atomic E-state index is 0.0819. The van der Waals surface area contributed by atoms with Gasteiger partial charge in [-0.1, -0.05) is 35.9 Å².